The molecular weight excluding hydrogens is 167 g/mol. The SMILES string of the molecule is C.C.CC.CCC.[B]1CC#CCCC1. The van der Waals surface area contributed by atoms with Gasteiger partial charge in [0, 0.05) is 6.42 Å². The molecule has 0 N–H and O–H groups in total. The summed E-state index contributed by atoms with van der Waals surface area (Å²) in [6, 6.07) is 0. The molecule has 0 aromatic carbocycles. The number of hydrogen-bond acceptors (Lipinski definition) is 0. The smallest absolute Gasteiger partial charge is 0.112 e. The second kappa shape index (κ2) is 29.3. The summed E-state index contributed by atoms with van der Waals surface area (Å²) in [5.74, 6) is 6.11. The Kier molecular flexibility index (Phi) is 49.1. The molecule has 1 heterocycles. The summed E-state index contributed by atoms with van der Waals surface area (Å²) in [5, 5.41) is 0. The average molecular weight is 197 g/mol. The van der Waals surface area contributed by atoms with Gasteiger partial charge in [-0.15, -0.1) is 11.8 Å². The molecule has 1 radical (unpaired) electrons. The van der Waals surface area contributed by atoms with Crippen molar-refractivity contribution >= 4 is 7.28 Å². The van der Waals surface area contributed by atoms with Crippen LogP contribution in [0.5, 0.6) is 0 Å². The number of rotatable bonds is 0. The highest BCUT2D eigenvalue weighted by molar-refractivity contribution is 6.36. The third kappa shape index (κ3) is 29.9. The minimum Gasteiger partial charge on any atom is -0.112 e. The zero-order valence-electron chi connectivity index (χ0n) is 9.11. The Hall–Kier alpha value is -0.375. The molecular formula is C13H30B. The predicted molar refractivity (Wildman–Crippen MR) is 73.2 cm³/mol. The molecule has 1 aliphatic rings. The van der Waals surface area contributed by atoms with Gasteiger partial charge in [-0.1, -0.05) is 55.3 Å². The molecule has 0 amide bonds. The van der Waals surface area contributed by atoms with Gasteiger partial charge in [0.2, 0.25) is 0 Å². The Labute approximate surface area is 94.1 Å². The van der Waals surface area contributed by atoms with E-state index >= 15 is 0 Å². The van der Waals surface area contributed by atoms with Crippen molar-refractivity contribution in [2.75, 3.05) is 0 Å². The third-order valence-electron chi connectivity index (χ3n) is 1.08. The van der Waals surface area contributed by atoms with Crippen LogP contribution in [0, 0.1) is 11.8 Å². The van der Waals surface area contributed by atoms with E-state index in [-0.39, 0.29) is 14.9 Å². The van der Waals surface area contributed by atoms with Crippen LogP contribution in [0.25, 0.3) is 0 Å². The Morgan fingerprint density at radius 3 is 2.07 bits per heavy atom. The minimum atomic E-state index is 0. The van der Waals surface area contributed by atoms with Crippen LogP contribution in [-0.4, -0.2) is 7.28 Å². The van der Waals surface area contributed by atoms with Crippen molar-refractivity contribution in [2.45, 2.75) is 74.5 Å². The molecule has 0 unspecified atom stereocenters. The van der Waals surface area contributed by atoms with Gasteiger partial charge in [-0.3, -0.25) is 0 Å². The van der Waals surface area contributed by atoms with Crippen molar-refractivity contribution in [1.29, 1.82) is 0 Å². The second-order valence-corrected chi connectivity index (χ2v) is 2.45. The molecule has 0 aromatic rings. The monoisotopic (exact) mass is 197 g/mol. The molecule has 1 heteroatoms. The van der Waals surface area contributed by atoms with E-state index in [0.29, 0.717) is 0 Å². The average Bonchev–Trinajstić information content (AvgIpc) is 2.40. The minimum absolute atomic E-state index is 0. The molecule has 14 heavy (non-hydrogen) atoms. The lowest BCUT2D eigenvalue weighted by Gasteiger charge is -1.83. The maximum atomic E-state index is 3.07. The van der Waals surface area contributed by atoms with E-state index in [1.165, 1.54) is 19.2 Å². The summed E-state index contributed by atoms with van der Waals surface area (Å²) >= 11 is 0. The highest BCUT2D eigenvalue weighted by atomic mass is 13.8. The summed E-state index contributed by atoms with van der Waals surface area (Å²) in [5.41, 5.74) is 0. The van der Waals surface area contributed by atoms with E-state index in [1.54, 1.807) is 0 Å². The molecule has 85 valence electrons. The molecule has 0 atom stereocenters. The van der Waals surface area contributed by atoms with Crippen molar-refractivity contribution in [3.63, 3.8) is 0 Å². The molecule has 0 fully saturated rings. The van der Waals surface area contributed by atoms with Crippen LogP contribution in [-0.2, 0) is 0 Å². The van der Waals surface area contributed by atoms with Crippen LogP contribution in [0.2, 0.25) is 12.6 Å². The van der Waals surface area contributed by atoms with Crippen molar-refractivity contribution in [3.05, 3.63) is 0 Å². The molecule has 0 bridgehead atoms. The fourth-order valence-electron chi connectivity index (χ4n) is 0.670. The van der Waals surface area contributed by atoms with E-state index in [9.17, 15) is 0 Å². The maximum Gasteiger partial charge on any atom is 0.125 e. The van der Waals surface area contributed by atoms with Crippen molar-refractivity contribution in [2.24, 2.45) is 0 Å². The Balaban J connectivity index is -0.0000000633. The first-order chi connectivity index (χ1) is 5.91. The fraction of sp³-hybridized carbons (Fsp3) is 0.846. The third-order valence-corrected chi connectivity index (χ3v) is 1.08. The topological polar surface area (TPSA) is 0 Å². The lowest BCUT2D eigenvalue weighted by Crippen LogP contribution is -1.81. The molecule has 0 spiro atoms. The van der Waals surface area contributed by atoms with Crippen LogP contribution in [0.4, 0.5) is 0 Å². The van der Waals surface area contributed by atoms with Crippen molar-refractivity contribution in [3.8, 4) is 11.8 Å². The van der Waals surface area contributed by atoms with Gasteiger partial charge in [-0.2, -0.15) is 0 Å². The maximum absolute atomic E-state index is 3.07. The highest BCUT2D eigenvalue weighted by Gasteiger charge is 1.90. The van der Waals surface area contributed by atoms with E-state index < -0.39 is 0 Å². The van der Waals surface area contributed by atoms with E-state index in [2.05, 4.69) is 33.0 Å². The van der Waals surface area contributed by atoms with Gasteiger partial charge in [0.05, 0.1) is 0 Å². The van der Waals surface area contributed by atoms with E-state index in [4.69, 9.17) is 0 Å². The lowest BCUT2D eigenvalue weighted by molar-refractivity contribution is 0.978. The lowest BCUT2D eigenvalue weighted by atomic mass is 9.71. The van der Waals surface area contributed by atoms with Gasteiger partial charge >= 0.3 is 0 Å². The van der Waals surface area contributed by atoms with E-state index in [0.717, 1.165) is 12.7 Å². The van der Waals surface area contributed by atoms with Crippen LogP contribution >= 0.6 is 0 Å². The molecule has 0 saturated carbocycles. The number of hydrogen-bond donors (Lipinski definition) is 0. The highest BCUT2D eigenvalue weighted by Crippen LogP contribution is 1.98. The first kappa shape index (κ1) is 23.4. The zero-order valence-corrected chi connectivity index (χ0v) is 9.11. The van der Waals surface area contributed by atoms with Crippen molar-refractivity contribution < 1.29 is 0 Å². The molecule has 1 rings (SSSR count). The molecule has 0 nitrogen and oxygen atoms in total. The normalized spacial score (nSPS) is 10.9. The largest absolute Gasteiger partial charge is 0.125 e. The fourth-order valence-corrected chi connectivity index (χ4v) is 0.670. The summed E-state index contributed by atoms with van der Waals surface area (Å²) in [4.78, 5) is 0. The Morgan fingerprint density at radius 1 is 1.07 bits per heavy atom. The quantitative estimate of drug-likeness (QED) is 0.377. The van der Waals surface area contributed by atoms with E-state index in [1.807, 2.05) is 13.8 Å². The molecule has 0 saturated heterocycles. The predicted octanol–water partition coefficient (Wildman–Crippen LogP) is 5.04. The first-order valence-electron chi connectivity index (χ1n) is 5.19. The van der Waals surface area contributed by atoms with Crippen LogP contribution in [0.15, 0.2) is 0 Å². The summed E-state index contributed by atoms with van der Waals surface area (Å²) in [7, 11) is 2.25. The van der Waals surface area contributed by atoms with Crippen LogP contribution < -0.4 is 0 Å². The van der Waals surface area contributed by atoms with Gasteiger partial charge in [-0.25, -0.2) is 0 Å². The molecule has 0 aromatic heterocycles. The standard InChI is InChI=1S/C6H8B.C3H8.C2H6.2CH4/c1-2-4-6-7-5-3-1;1-3-2;1-2;;/h1,3,5-6H2;3H2,1-2H3;1-2H3;2*1H4. The summed E-state index contributed by atoms with van der Waals surface area (Å²) in [6.07, 6.45) is 5.89. The summed E-state index contributed by atoms with van der Waals surface area (Å²) < 4.78 is 0. The van der Waals surface area contributed by atoms with Gasteiger partial charge < -0.3 is 0 Å². The molecule has 0 aliphatic carbocycles. The zero-order chi connectivity index (χ0) is 9.66. The van der Waals surface area contributed by atoms with Gasteiger partial charge in [0.1, 0.15) is 7.28 Å². The van der Waals surface area contributed by atoms with Gasteiger partial charge in [0.25, 0.3) is 0 Å². The summed E-state index contributed by atoms with van der Waals surface area (Å²) in [6.45, 7) is 8.25. The van der Waals surface area contributed by atoms with Crippen LogP contribution in [0.1, 0.15) is 61.8 Å². The Morgan fingerprint density at radius 2 is 1.57 bits per heavy atom. The van der Waals surface area contributed by atoms with Crippen molar-refractivity contribution in [1.82, 2.24) is 0 Å². The van der Waals surface area contributed by atoms with Gasteiger partial charge in [-0.05, 0) is 12.7 Å². The Bertz CT molecular complexity index is 98.1. The van der Waals surface area contributed by atoms with Crippen LogP contribution in [0.3, 0.4) is 0 Å². The second-order valence-electron chi connectivity index (χ2n) is 2.45. The van der Waals surface area contributed by atoms with Gasteiger partial charge in [0.15, 0.2) is 0 Å². The first-order valence-corrected chi connectivity index (χ1v) is 5.19. The molecule has 1 aliphatic heterocycles.